The van der Waals surface area contributed by atoms with E-state index in [4.69, 9.17) is 9.47 Å². The first-order valence-electron chi connectivity index (χ1n) is 5.33. The van der Waals surface area contributed by atoms with Gasteiger partial charge in [-0.1, -0.05) is 27.2 Å². The molecule has 0 saturated carbocycles. The highest BCUT2D eigenvalue weighted by molar-refractivity contribution is 4.49. The predicted molar refractivity (Wildman–Crippen MR) is 55.7 cm³/mol. The van der Waals surface area contributed by atoms with Crippen molar-refractivity contribution in [2.45, 2.75) is 59.9 Å². The fraction of sp³-hybridized carbons (Fsp3) is 1.00. The van der Waals surface area contributed by atoms with E-state index in [1.807, 2.05) is 13.8 Å². The van der Waals surface area contributed by atoms with Crippen LogP contribution in [0.3, 0.4) is 0 Å². The summed E-state index contributed by atoms with van der Waals surface area (Å²) < 4.78 is 11.3. The molecule has 0 aliphatic carbocycles. The van der Waals surface area contributed by atoms with Crippen LogP contribution in [0.2, 0.25) is 0 Å². The van der Waals surface area contributed by atoms with E-state index >= 15 is 0 Å². The molecule has 0 aromatic carbocycles. The topological polar surface area (TPSA) is 18.5 Å². The molecule has 0 aliphatic rings. The van der Waals surface area contributed by atoms with Crippen molar-refractivity contribution in [1.82, 2.24) is 0 Å². The lowest BCUT2D eigenvalue weighted by atomic mass is 10.2. The Morgan fingerprint density at radius 2 is 1.69 bits per heavy atom. The third-order valence-corrected chi connectivity index (χ3v) is 1.56. The highest BCUT2D eigenvalue weighted by atomic mass is 16.7. The average molecular weight is 188 g/mol. The molecule has 1 atom stereocenters. The van der Waals surface area contributed by atoms with Crippen LogP contribution < -0.4 is 0 Å². The van der Waals surface area contributed by atoms with E-state index < -0.39 is 0 Å². The Morgan fingerprint density at radius 3 is 2.08 bits per heavy atom. The van der Waals surface area contributed by atoms with E-state index in [-0.39, 0.29) is 12.4 Å². The van der Waals surface area contributed by atoms with Crippen LogP contribution in [0.1, 0.15) is 47.5 Å². The van der Waals surface area contributed by atoms with Gasteiger partial charge in [0.15, 0.2) is 6.29 Å². The summed E-state index contributed by atoms with van der Waals surface area (Å²) in [7, 11) is 0. The van der Waals surface area contributed by atoms with Crippen LogP contribution in [0.4, 0.5) is 0 Å². The highest BCUT2D eigenvalue weighted by Crippen LogP contribution is 2.08. The fourth-order valence-corrected chi connectivity index (χ4v) is 1.03. The Morgan fingerprint density at radius 1 is 1.08 bits per heavy atom. The lowest BCUT2D eigenvalue weighted by molar-refractivity contribution is -0.170. The smallest absolute Gasteiger partial charge is 0.157 e. The SMILES string of the molecule is CCCC(OCC(C)C)OC(C)C. The summed E-state index contributed by atoms with van der Waals surface area (Å²) >= 11 is 0. The molecule has 0 fully saturated rings. The quantitative estimate of drug-likeness (QED) is 0.571. The fourth-order valence-electron chi connectivity index (χ4n) is 1.03. The summed E-state index contributed by atoms with van der Waals surface area (Å²) in [6.07, 6.45) is 2.34. The summed E-state index contributed by atoms with van der Waals surface area (Å²) in [5.41, 5.74) is 0. The van der Waals surface area contributed by atoms with Gasteiger partial charge in [0.2, 0.25) is 0 Å². The summed E-state index contributed by atoms with van der Waals surface area (Å²) in [6, 6.07) is 0. The molecule has 2 nitrogen and oxygen atoms in total. The van der Waals surface area contributed by atoms with Crippen molar-refractivity contribution in [2.75, 3.05) is 6.61 Å². The minimum Gasteiger partial charge on any atom is -0.352 e. The molecule has 0 aromatic heterocycles. The van der Waals surface area contributed by atoms with Crippen LogP contribution in [0.15, 0.2) is 0 Å². The maximum Gasteiger partial charge on any atom is 0.157 e. The van der Waals surface area contributed by atoms with Crippen molar-refractivity contribution in [3.63, 3.8) is 0 Å². The van der Waals surface area contributed by atoms with Crippen LogP contribution >= 0.6 is 0 Å². The van der Waals surface area contributed by atoms with E-state index in [1.54, 1.807) is 0 Å². The van der Waals surface area contributed by atoms with Gasteiger partial charge in [-0.2, -0.15) is 0 Å². The first kappa shape index (κ1) is 12.9. The minimum absolute atomic E-state index is 0.00704. The molecule has 80 valence electrons. The molecule has 0 heterocycles. The van der Waals surface area contributed by atoms with Crippen LogP contribution in [0, 0.1) is 5.92 Å². The van der Waals surface area contributed by atoms with Crippen LogP contribution in [-0.2, 0) is 9.47 Å². The third kappa shape index (κ3) is 8.26. The van der Waals surface area contributed by atoms with Crippen LogP contribution in [0.5, 0.6) is 0 Å². The van der Waals surface area contributed by atoms with Crippen molar-refractivity contribution >= 4 is 0 Å². The van der Waals surface area contributed by atoms with E-state index in [9.17, 15) is 0 Å². The van der Waals surface area contributed by atoms with Crippen molar-refractivity contribution in [1.29, 1.82) is 0 Å². The van der Waals surface area contributed by atoms with Gasteiger partial charge in [0.25, 0.3) is 0 Å². The maximum atomic E-state index is 5.63. The molecule has 1 unspecified atom stereocenters. The zero-order valence-corrected chi connectivity index (χ0v) is 9.67. The zero-order valence-electron chi connectivity index (χ0n) is 9.67. The minimum atomic E-state index is -0.00704. The van der Waals surface area contributed by atoms with Gasteiger partial charge in [0.05, 0.1) is 12.7 Å². The van der Waals surface area contributed by atoms with E-state index in [1.165, 1.54) is 0 Å². The van der Waals surface area contributed by atoms with Gasteiger partial charge < -0.3 is 9.47 Å². The van der Waals surface area contributed by atoms with Gasteiger partial charge in [-0.15, -0.1) is 0 Å². The van der Waals surface area contributed by atoms with Gasteiger partial charge in [-0.05, 0) is 26.2 Å². The van der Waals surface area contributed by atoms with Crippen molar-refractivity contribution < 1.29 is 9.47 Å². The Labute approximate surface area is 82.6 Å². The van der Waals surface area contributed by atoms with E-state index in [0.29, 0.717) is 5.92 Å². The molecule has 0 saturated heterocycles. The molecule has 0 amide bonds. The first-order valence-corrected chi connectivity index (χ1v) is 5.33. The van der Waals surface area contributed by atoms with Crippen LogP contribution in [-0.4, -0.2) is 19.0 Å². The Balaban J connectivity index is 3.66. The zero-order chi connectivity index (χ0) is 10.3. The van der Waals surface area contributed by atoms with Crippen molar-refractivity contribution in [2.24, 2.45) is 5.92 Å². The Kier molecular flexibility index (Phi) is 7.29. The van der Waals surface area contributed by atoms with Gasteiger partial charge in [-0.25, -0.2) is 0 Å². The van der Waals surface area contributed by atoms with Gasteiger partial charge in [-0.3, -0.25) is 0 Å². The van der Waals surface area contributed by atoms with E-state index in [0.717, 1.165) is 19.4 Å². The lowest BCUT2D eigenvalue weighted by Crippen LogP contribution is -2.23. The molecule has 0 spiro atoms. The molecule has 0 radical (unpaired) electrons. The molecule has 0 rings (SSSR count). The first-order chi connectivity index (χ1) is 6.06. The molecule has 0 N–H and O–H groups in total. The lowest BCUT2D eigenvalue weighted by Gasteiger charge is -2.21. The second kappa shape index (κ2) is 7.34. The van der Waals surface area contributed by atoms with Gasteiger partial charge in [0.1, 0.15) is 0 Å². The monoisotopic (exact) mass is 188 g/mol. The molecule has 0 aromatic rings. The Hall–Kier alpha value is -0.0800. The van der Waals surface area contributed by atoms with Crippen molar-refractivity contribution in [3.05, 3.63) is 0 Å². The molecular formula is C11H24O2. The van der Waals surface area contributed by atoms with Crippen molar-refractivity contribution in [3.8, 4) is 0 Å². The second-order valence-electron chi connectivity index (χ2n) is 4.13. The maximum absolute atomic E-state index is 5.63. The molecule has 2 heteroatoms. The second-order valence-corrected chi connectivity index (χ2v) is 4.13. The highest BCUT2D eigenvalue weighted by Gasteiger charge is 2.10. The normalized spacial score (nSPS) is 14.1. The third-order valence-electron chi connectivity index (χ3n) is 1.56. The molecule has 13 heavy (non-hydrogen) atoms. The van der Waals surface area contributed by atoms with Crippen LogP contribution in [0.25, 0.3) is 0 Å². The molecule has 0 bridgehead atoms. The number of hydrogen-bond acceptors (Lipinski definition) is 2. The number of ether oxygens (including phenoxy) is 2. The predicted octanol–water partition coefficient (Wildman–Crippen LogP) is 3.21. The standard InChI is InChI=1S/C11H24O2/c1-6-7-11(13-10(4)5)12-8-9(2)3/h9-11H,6-8H2,1-5H3. The number of hydrogen-bond donors (Lipinski definition) is 0. The summed E-state index contributed by atoms with van der Waals surface area (Å²) in [4.78, 5) is 0. The summed E-state index contributed by atoms with van der Waals surface area (Å²) in [5, 5.41) is 0. The molecular weight excluding hydrogens is 164 g/mol. The molecule has 0 aliphatic heterocycles. The average Bonchev–Trinajstić information content (AvgIpc) is 1.99. The van der Waals surface area contributed by atoms with E-state index in [2.05, 4.69) is 20.8 Å². The number of rotatable bonds is 7. The summed E-state index contributed by atoms with van der Waals surface area (Å²) in [5.74, 6) is 0.579. The van der Waals surface area contributed by atoms with Gasteiger partial charge >= 0.3 is 0 Å². The Bertz CT molecular complexity index is 111. The largest absolute Gasteiger partial charge is 0.352 e. The van der Waals surface area contributed by atoms with Gasteiger partial charge in [0, 0.05) is 0 Å². The summed E-state index contributed by atoms with van der Waals surface area (Å²) in [6.45, 7) is 11.3.